The van der Waals surface area contributed by atoms with Gasteiger partial charge in [0.05, 0.1) is 11.9 Å². The number of thiazole rings is 1. The second-order valence-corrected chi connectivity index (χ2v) is 7.38. The van der Waals surface area contributed by atoms with Crippen molar-refractivity contribution in [3.63, 3.8) is 0 Å². The molecule has 1 aliphatic rings. The highest BCUT2D eigenvalue weighted by atomic mass is 32.1. The zero-order chi connectivity index (χ0) is 14.2. The highest BCUT2D eigenvalue weighted by Gasteiger charge is 2.30. The Morgan fingerprint density at radius 1 is 1.30 bits per heavy atom. The fourth-order valence-corrected chi connectivity index (χ4v) is 3.08. The molecule has 1 fully saturated rings. The summed E-state index contributed by atoms with van der Waals surface area (Å²) in [5, 5.41) is 4.55. The average Bonchev–Trinajstić information content (AvgIpc) is 3.17. The van der Waals surface area contributed by atoms with E-state index in [-0.39, 0.29) is 5.54 Å². The van der Waals surface area contributed by atoms with Gasteiger partial charge in [-0.3, -0.25) is 9.97 Å². The lowest BCUT2D eigenvalue weighted by Crippen LogP contribution is -2.35. The Morgan fingerprint density at radius 2 is 2.10 bits per heavy atom. The Kier molecular flexibility index (Phi) is 3.56. The predicted octanol–water partition coefficient (Wildman–Crippen LogP) is 3.37. The third-order valence-corrected chi connectivity index (χ3v) is 4.35. The van der Waals surface area contributed by atoms with Gasteiger partial charge in [-0.25, -0.2) is 4.98 Å². The Bertz CT molecular complexity index is 582. The van der Waals surface area contributed by atoms with Crippen molar-refractivity contribution in [2.24, 2.45) is 0 Å². The molecule has 0 aliphatic heterocycles. The van der Waals surface area contributed by atoms with Crippen LogP contribution >= 0.6 is 11.3 Å². The number of hydrogen-bond acceptors (Lipinski definition) is 5. The third-order valence-electron chi connectivity index (χ3n) is 3.25. The minimum atomic E-state index is 0.123. The van der Waals surface area contributed by atoms with E-state index in [4.69, 9.17) is 4.98 Å². The molecule has 1 aliphatic carbocycles. The molecule has 2 aromatic heterocycles. The Hall–Kier alpha value is -1.33. The molecule has 2 heterocycles. The number of rotatable bonds is 4. The molecule has 20 heavy (non-hydrogen) atoms. The molecule has 0 spiro atoms. The van der Waals surface area contributed by atoms with Crippen LogP contribution in [-0.2, 0) is 6.54 Å². The monoisotopic (exact) mass is 288 g/mol. The second-order valence-electron chi connectivity index (χ2n) is 6.30. The van der Waals surface area contributed by atoms with E-state index in [0.717, 1.165) is 17.2 Å². The van der Waals surface area contributed by atoms with Gasteiger partial charge in [-0.05, 0) is 33.6 Å². The smallest absolute Gasteiger partial charge is 0.144 e. The molecule has 0 amide bonds. The number of nitrogens with one attached hydrogen (secondary N) is 1. The first-order chi connectivity index (χ1) is 9.53. The lowest BCUT2D eigenvalue weighted by molar-refractivity contribution is 0.425. The summed E-state index contributed by atoms with van der Waals surface area (Å²) < 4.78 is 0. The van der Waals surface area contributed by atoms with Crippen LogP contribution in [0, 0.1) is 0 Å². The maximum absolute atomic E-state index is 4.82. The van der Waals surface area contributed by atoms with E-state index in [1.807, 2.05) is 0 Å². The van der Waals surface area contributed by atoms with Gasteiger partial charge in [-0.1, -0.05) is 0 Å². The zero-order valence-electron chi connectivity index (χ0n) is 12.2. The van der Waals surface area contributed by atoms with E-state index >= 15 is 0 Å². The van der Waals surface area contributed by atoms with Gasteiger partial charge in [-0.15, -0.1) is 11.3 Å². The van der Waals surface area contributed by atoms with Gasteiger partial charge in [0.1, 0.15) is 10.7 Å². The topological polar surface area (TPSA) is 50.7 Å². The summed E-state index contributed by atoms with van der Waals surface area (Å²) >= 11 is 1.75. The number of aromatic nitrogens is 3. The number of nitrogens with zero attached hydrogens (tertiary/aromatic N) is 3. The Morgan fingerprint density at radius 3 is 2.70 bits per heavy atom. The van der Waals surface area contributed by atoms with E-state index in [1.54, 1.807) is 29.9 Å². The summed E-state index contributed by atoms with van der Waals surface area (Å²) in [7, 11) is 0. The molecule has 5 heteroatoms. The predicted molar refractivity (Wildman–Crippen MR) is 81.7 cm³/mol. The van der Waals surface area contributed by atoms with E-state index in [0.29, 0.717) is 5.92 Å². The molecule has 0 unspecified atom stereocenters. The van der Waals surface area contributed by atoms with Crippen molar-refractivity contribution in [3.05, 3.63) is 29.2 Å². The molecule has 2 aromatic rings. The first-order valence-corrected chi connectivity index (χ1v) is 7.85. The van der Waals surface area contributed by atoms with Gasteiger partial charge in [0, 0.05) is 35.3 Å². The van der Waals surface area contributed by atoms with Crippen LogP contribution in [-0.4, -0.2) is 20.5 Å². The van der Waals surface area contributed by atoms with Crippen LogP contribution in [0.4, 0.5) is 0 Å². The molecule has 3 rings (SSSR count). The second kappa shape index (κ2) is 5.22. The first-order valence-electron chi connectivity index (χ1n) is 7.04. The van der Waals surface area contributed by atoms with Crippen LogP contribution in [0.1, 0.15) is 50.1 Å². The van der Waals surface area contributed by atoms with Crippen LogP contribution in [0.25, 0.3) is 10.7 Å². The largest absolute Gasteiger partial charge is 0.307 e. The summed E-state index contributed by atoms with van der Waals surface area (Å²) in [6, 6.07) is 0. The maximum Gasteiger partial charge on any atom is 0.144 e. The summed E-state index contributed by atoms with van der Waals surface area (Å²) in [6.45, 7) is 7.45. The lowest BCUT2D eigenvalue weighted by Gasteiger charge is -2.20. The molecular formula is C15H20N4S. The summed E-state index contributed by atoms with van der Waals surface area (Å²) in [6.07, 6.45) is 7.75. The van der Waals surface area contributed by atoms with Crippen molar-refractivity contribution in [3.8, 4) is 10.7 Å². The summed E-state index contributed by atoms with van der Waals surface area (Å²) in [4.78, 5) is 14.7. The van der Waals surface area contributed by atoms with Crippen LogP contribution in [0.5, 0.6) is 0 Å². The molecule has 0 saturated heterocycles. The fraction of sp³-hybridized carbons (Fsp3) is 0.533. The molecule has 1 N–H and O–H groups in total. The molecule has 1 saturated carbocycles. The van der Waals surface area contributed by atoms with Crippen molar-refractivity contribution in [1.29, 1.82) is 0 Å². The standard InChI is InChI=1S/C15H20N4S/c1-15(2,3)18-9-12-13(10-4-5-10)19-14(20-12)11-8-16-6-7-17-11/h6-8,10,18H,4-5,9H2,1-3H3. The van der Waals surface area contributed by atoms with E-state index in [2.05, 4.69) is 36.1 Å². The average molecular weight is 288 g/mol. The molecule has 0 radical (unpaired) electrons. The highest BCUT2D eigenvalue weighted by molar-refractivity contribution is 7.15. The van der Waals surface area contributed by atoms with Gasteiger partial charge in [0.25, 0.3) is 0 Å². The van der Waals surface area contributed by atoms with Gasteiger partial charge >= 0.3 is 0 Å². The van der Waals surface area contributed by atoms with Crippen molar-refractivity contribution in [1.82, 2.24) is 20.3 Å². The van der Waals surface area contributed by atoms with Gasteiger partial charge in [0.15, 0.2) is 0 Å². The Labute approximate surface area is 123 Å². The van der Waals surface area contributed by atoms with Crippen molar-refractivity contribution in [2.75, 3.05) is 0 Å². The van der Waals surface area contributed by atoms with Crippen LogP contribution in [0.2, 0.25) is 0 Å². The van der Waals surface area contributed by atoms with Crippen molar-refractivity contribution in [2.45, 2.75) is 51.6 Å². The highest BCUT2D eigenvalue weighted by Crippen LogP contribution is 2.44. The van der Waals surface area contributed by atoms with Crippen LogP contribution in [0.15, 0.2) is 18.6 Å². The summed E-state index contributed by atoms with van der Waals surface area (Å²) in [5.74, 6) is 0.661. The molecule has 0 atom stereocenters. The normalized spacial score (nSPS) is 15.6. The lowest BCUT2D eigenvalue weighted by atomic mass is 10.1. The Balaban J connectivity index is 1.87. The van der Waals surface area contributed by atoms with Gasteiger partial charge in [0.2, 0.25) is 0 Å². The van der Waals surface area contributed by atoms with Crippen LogP contribution < -0.4 is 5.32 Å². The third kappa shape index (κ3) is 3.22. The van der Waals surface area contributed by atoms with Crippen molar-refractivity contribution >= 4 is 11.3 Å². The minimum absolute atomic E-state index is 0.123. The quantitative estimate of drug-likeness (QED) is 0.937. The fourth-order valence-electron chi connectivity index (χ4n) is 2.03. The molecular weight excluding hydrogens is 268 g/mol. The first kappa shape index (κ1) is 13.6. The maximum atomic E-state index is 4.82. The molecule has 106 valence electrons. The van der Waals surface area contributed by atoms with Gasteiger partial charge in [-0.2, -0.15) is 0 Å². The molecule has 4 nitrogen and oxygen atoms in total. The van der Waals surface area contributed by atoms with E-state index in [1.165, 1.54) is 23.4 Å². The van der Waals surface area contributed by atoms with Crippen LogP contribution in [0.3, 0.4) is 0 Å². The minimum Gasteiger partial charge on any atom is -0.307 e. The molecule has 0 aromatic carbocycles. The SMILES string of the molecule is CC(C)(C)NCc1sc(-c2cnccn2)nc1C1CC1. The zero-order valence-corrected chi connectivity index (χ0v) is 13.0. The van der Waals surface area contributed by atoms with Crippen molar-refractivity contribution < 1.29 is 0 Å². The van der Waals surface area contributed by atoms with Gasteiger partial charge < -0.3 is 5.32 Å². The van der Waals surface area contributed by atoms with E-state index < -0.39 is 0 Å². The van der Waals surface area contributed by atoms with E-state index in [9.17, 15) is 0 Å². The number of hydrogen-bond donors (Lipinski definition) is 1. The summed E-state index contributed by atoms with van der Waals surface area (Å²) in [5.41, 5.74) is 2.27. The molecule has 0 bridgehead atoms.